The number of rotatable bonds is 5. The summed E-state index contributed by atoms with van der Waals surface area (Å²) in [5.74, 6) is 0. The lowest BCUT2D eigenvalue weighted by Crippen LogP contribution is -2.35. The van der Waals surface area contributed by atoms with Gasteiger partial charge in [-0.2, -0.15) is 0 Å². The molecule has 1 saturated carbocycles. The molecule has 4 heteroatoms. The van der Waals surface area contributed by atoms with Crippen molar-refractivity contribution in [2.45, 2.75) is 31.8 Å². The smallest absolute Gasteiger partial charge is 0.0488 e. The van der Waals surface area contributed by atoms with E-state index in [0.717, 1.165) is 22.2 Å². The second-order valence-electron chi connectivity index (χ2n) is 4.48. The largest absolute Gasteiger partial charge is 0.329 e. The van der Waals surface area contributed by atoms with Crippen molar-refractivity contribution in [1.82, 2.24) is 4.90 Å². The van der Waals surface area contributed by atoms with Gasteiger partial charge >= 0.3 is 0 Å². The number of benzene rings is 1. The normalized spacial score (nSPS) is 17.5. The highest BCUT2D eigenvalue weighted by atomic mass is 35.5. The molecule has 0 bridgehead atoms. The molecule has 1 aromatic carbocycles. The maximum Gasteiger partial charge on any atom is 0.0488 e. The van der Waals surface area contributed by atoms with Crippen molar-refractivity contribution in [3.8, 4) is 0 Å². The number of nitrogens with two attached hydrogens (primary N) is 1. The fraction of sp³-hybridized carbons (Fsp3) is 0.538. The van der Waals surface area contributed by atoms with Crippen LogP contribution in [0.3, 0.4) is 0 Å². The fourth-order valence-corrected chi connectivity index (χ4v) is 2.77. The van der Waals surface area contributed by atoms with Gasteiger partial charge in [0.15, 0.2) is 0 Å². The SMILES string of the molecule is CCN(C1CC1)C(CN)c1cc(Cl)ccc1Cl. The predicted octanol–water partition coefficient (Wildman–Crippen LogP) is 3.48. The molecule has 1 atom stereocenters. The summed E-state index contributed by atoms with van der Waals surface area (Å²) in [4.78, 5) is 2.43. The Bertz CT molecular complexity index is 391. The Hall–Kier alpha value is -0.280. The molecule has 94 valence electrons. The molecule has 1 aliphatic rings. The Labute approximate surface area is 113 Å². The summed E-state index contributed by atoms with van der Waals surface area (Å²) < 4.78 is 0. The van der Waals surface area contributed by atoms with Crippen LogP contribution in [0, 0.1) is 0 Å². The molecule has 2 rings (SSSR count). The topological polar surface area (TPSA) is 29.3 Å². The van der Waals surface area contributed by atoms with Crippen LogP contribution in [-0.2, 0) is 0 Å². The third-order valence-corrected chi connectivity index (χ3v) is 3.90. The lowest BCUT2D eigenvalue weighted by Gasteiger charge is -2.30. The molecule has 0 aliphatic heterocycles. The number of likely N-dealkylation sites (N-methyl/N-ethyl adjacent to an activating group) is 1. The first-order chi connectivity index (χ1) is 8.17. The number of halogens is 2. The van der Waals surface area contributed by atoms with Crippen LogP contribution in [0.2, 0.25) is 10.0 Å². The molecular formula is C13H18Cl2N2. The van der Waals surface area contributed by atoms with Gasteiger partial charge in [-0.15, -0.1) is 0 Å². The first kappa shape index (κ1) is 13.2. The van der Waals surface area contributed by atoms with Crippen LogP contribution in [0.25, 0.3) is 0 Å². The molecule has 17 heavy (non-hydrogen) atoms. The highest BCUT2D eigenvalue weighted by Gasteiger charge is 2.33. The highest BCUT2D eigenvalue weighted by molar-refractivity contribution is 6.33. The van der Waals surface area contributed by atoms with Gasteiger partial charge in [-0.05, 0) is 43.1 Å². The minimum Gasteiger partial charge on any atom is -0.329 e. The maximum atomic E-state index is 6.25. The van der Waals surface area contributed by atoms with E-state index >= 15 is 0 Å². The average Bonchev–Trinajstić information content (AvgIpc) is 3.13. The summed E-state index contributed by atoms with van der Waals surface area (Å²) in [6, 6.07) is 6.45. The second kappa shape index (κ2) is 5.57. The van der Waals surface area contributed by atoms with Crippen LogP contribution in [0.5, 0.6) is 0 Å². The van der Waals surface area contributed by atoms with Gasteiger partial charge in [0.25, 0.3) is 0 Å². The number of hydrogen-bond acceptors (Lipinski definition) is 2. The molecule has 1 aliphatic carbocycles. The van der Waals surface area contributed by atoms with Gasteiger partial charge in [0.2, 0.25) is 0 Å². The van der Waals surface area contributed by atoms with Crippen LogP contribution in [0.4, 0.5) is 0 Å². The Morgan fingerprint density at radius 3 is 2.65 bits per heavy atom. The third-order valence-electron chi connectivity index (χ3n) is 3.32. The molecule has 2 N–H and O–H groups in total. The van der Waals surface area contributed by atoms with Crippen molar-refractivity contribution in [3.05, 3.63) is 33.8 Å². The summed E-state index contributed by atoms with van der Waals surface area (Å²) in [7, 11) is 0. The first-order valence-electron chi connectivity index (χ1n) is 6.08. The van der Waals surface area contributed by atoms with Gasteiger partial charge in [0, 0.05) is 28.7 Å². The van der Waals surface area contributed by atoms with Gasteiger partial charge in [0.05, 0.1) is 0 Å². The zero-order valence-electron chi connectivity index (χ0n) is 10.00. The van der Waals surface area contributed by atoms with Crippen molar-refractivity contribution < 1.29 is 0 Å². The summed E-state index contributed by atoms with van der Waals surface area (Å²) >= 11 is 12.3. The second-order valence-corrected chi connectivity index (χ2v) is 5.32. The minimum absolute atomic E-state index is 0.179. The summed E-state index contributed by atoms with van der Waals surface area (Å²) in [6.07, 6.45) is 2.53. The van der Waals surface area contributed by atoms with E-state index in [1.807, 2.05) is 18.2 Å². The third kappa shape index (κ3) is 2.94. The van der Waals surface area contributed by atoms with Gasteiger partial charge in [-0.1, -0.05) is 30.1 Å². The van der Waals surface area contributed by atoms with Gasteiger partial charge < -0.3 is 5.73 Å². The molecule has 0 spiro atoms. The summed E-state index contributed by atoms with van der Waals surface area (Å²) in [6.45, 7) is 3.74. The van der Waals surface area contributed by atoms with Gasteiger partial charge in [-0.3, -0.25) is 4.90 Å². The number of nitrogens with zero attached hydrogens (tertiary/aromatic N) is 1. The fourth-order valence-electron chi connectivity index (χ4n) is 2.35. The van der Waals surface area contributed by atoms with Crippen LogP contribution in [0.1, 0.15) is 31.4 Å². The molecule has 1 aromatic rings. The van der Waals surface area contributed by atoms with Crippen LogP contribution in [-0.4, -0.2) is 24.0 Å². The van der Waals surface area contributed by atoms with Crippen molar-refractivity contribution in [2.75, 3.05) is 13.1 Å². The first-order valence-corrected chi connectivity index (χ1v) is 6.83. The van der Waals surface area contributed by atoms with Crippen molar-refractivity contribution in [2.24, 2.45) is 5.73 Å². The molecule has 1 fully saturated rings. The zero-order valence-corrected chi connectivity index (χ0v) is 11.5. The van der Waals surface area contributed by atoms with Crippen LogP contribution >= 0.6 is 23.2 Å². The monoisotopic (exact) mass is 272 g/mol. The Morgan fingerprint density at radius 2 is 2.12 bits per heavy atom. The molecule has 0 amide bonds. The van der Waals surface area contributed by atoms with E-state index in [1.165, 1.54) is 12.8 Å². The minimum atomic E-state index is 0.179. The summed E-state index contributed by atoms with van der Waals surface area (Å²) in [5, 5.41) is 1.47. The highest BCUT2D eigenvalue weighted by Crippen LogP contribution is 2.36. The van der Waals surface area contributed by atoms with Crippen molar-refractivity contribution in [3.63, 3.8) is 0 Å². The van der Waals surface area contributed by atoms with E-state index in [0.29, 0.717) is 12.6 Å². The lowest BCUT2D eigenvalue weighted by molar-refractivity contribution is 0.202. The van der Waals surface area contributed by atoms with E-state index in [4.69, 9.17) is 28.9 Å². The Kier molecular flexibility index (Phi) is 4.31. The average molecular weight is 273 g/mol. The Balaban J connectivity index is 2.29. The molecular weight excluding hydrogens is 255 g/mol. The van der Waals surface area contributed by atoms with Crippen LogP contribution < -0.4 is 5.73 Å². The Morgan fingerprint density at radius 1 is 1.41 bits per heavy atom. The van der Waals surface area contributed by atoms with E-state index in [9.17, 15) is 0 Å². The predicted molar refractivity (Wildman–Crippen MR) is 73.7 cm³/mol. The van der Waals surface area contributed by atoms with Crippen molar-refractivity contribution in [1.29, 1.82) is 0 Å². The van der Waals surface area contributed by atoms with Crippen molar-refractivity contribution >= 4 is 23.2 Å². The number of hydrogen-bond donors (Lipinski definition) is 1. The van der Waals surface area contributed by atoms with Gasteiger partial charge in [0.1, 0.15) is 0 Å². The van der Waals surface area contributed by atoms with E-state index in [1.54, 1.807) is 0 Å². The standard InChI is InChI=1S/C13H18Cl2N2/c1-2-17(10-4-5-10)13(8-16)11-7-9(14)3-6-12(11)15/h3,6-7,10,13H,2,4-5,8,16H2,1H3. The molecule has 0 heterocycles. The van der Waals surface area contributed by atoms with Crippen LogP contribution in [0.15, 0.2) is 18.2 Å². The molecule has 0 radical (unpaired) electrons. The lowest BCUT2D eigenvalue weighted by atomic mass is 10.0. The molecule has 0 aromatic heterocycles. The molecule has 1 unspecified atom stereocenters. The molecule has 0 saturated heterocycles. The quantitative estimate of drug-likeness (QED) is 0.890. The van der Waals surface area contributed by atoms with E-state index in [-0.39, 0.29) is 6.04 Å². The van der Waals surface area contributed by atoms with E-state index in [2.05, 4.69) is 11.8 Å². The molecule has 2 nitrogen and oxygen atoms in total. The summed E-state index contributed by atoms with van der Waals surface area (Å²) in [5.41, 5.74) is 6.97. The zero-order chi connectivity index (χ0) is 12.4. The maximum absolute atomic E-state index is 6.25. The van der Waals surface area contributed by atoms with Gasteiger partial charge in [-0.25, -0.2) is 0 Å². The van der Waals surface area contributed by atoms with E-state index < -0.39 is 0 Å².